The van der Waals surface area contributed by atoms with Crippen molar-refractivity contribution in [3.8, 4) is 0 Å². The van der Waals surface area contributed by atoms with Crippen molar-refractivity contribution in [2.24, 2.45) is 5.41 Å². The highest BCUT2D eigenvalue weighted by atomic mass is 14.3. The zero-order chi connectivity index (χ0) is 18.4. The van der Waals surface area contributed by atoms with Gasteiger partial charge in [-0.1, -0.05) is 98.0 Å². The summed E-state index contributed by atoms with van der Waals surface area (Å²) in [5.74, 6) is 0. The standard InChI is InChI=1S/C26H28/c1-4-26(20-17-25-12-8-6-10-22(25)3)18-15-23(16-19-26)13-14-24-11-7-5-9-21(24)2/h5-18,20H,4,19H2,1-3H3. The summed E-state index contributed by atoms with van der Waals surface area (Å²) in [7, 11) is 0. The zero-order valence-corrected chi connectivity index (χ0v) is 16.1. The SMILES string of the molecule is CCC1(C=Cc2ccccc2C)C=CC(C=Cc2ccccc2C)=CC1. The number of aryl methyl sites for hydroxylation is 2. The molecule has 0 saturated heterocycles. The minimum Gasteiger partial charge on any atom is -0.0761 e. The molecule has 0 saturated carbocycles. The van der Waals surface area contributed by atoms with E-state index in [0.717, 1.165) is 12.8 Å². The topological polar surface area (TPSA) is 0 Å². The second kappa shape index (κ2) is 8.19. The smallest absolute Gasteiger partial charge is 0.00997 e. The van der Waals surface area contributed by atoms with Crippen molar-refractivity contribution in [1.82, 2.24) is 0 Å². The minimum absolute atomic E-state index is 0.127. The normalized spacial score (nSPS) is 20.0. The van der Waals surface area contributed by atoms with Crippen LogP contribution in [0, 0.1) is 19.3 Å². The highest BCUT2D eigenvalue weighted by Crippen LogP contribution is 2.36. The molecule has 0 amide bonds. The van der Waals surface area contributed by atoms with E-state index in [4.69, 9.17) is 0 Å². The van der Waals surface area contributed by atoms with Crippen LogP contribution in [0.1, 0.15) is 42.0 Å². The maximum atomic E-state index is 2.38. The molecule has 1 unspecified atom stereocenters. The lowest BCUT2D eigenvalue weighted by Gasteiger charge is -2.27. The van der Waals surface area contributed by atoms with Crippen LogP contribution in [-0.4, -0.2) is 0 Å². The van der Waals surface area contributed by atoms with Crippen LogP contribution < -0.4 is 0 Å². The number of rotatable bonds is 5. The van der Waals surface area contributed by atoms with Gasteiger partial charge in [0.15, 0.2) is 0 Å². The van der Waals surface area contributed by atoms with Gasteiger partial charge in [-0.2, -0.15) is 0 Å². The molecule has 3 rings (SSSR count). The summed E-state index contributed by atoms with van der Waals surface area (Å²) in [6.07, 6.45) is 18.3. The van der Waals surface area contributed by atoms with Crippen molar-refractivity contribution >= 4 is 12.2 Å². The second-order valence-electron chi connectivity index (χ2n) is 7.21. The summed E-state index contributed by atoms with van der Waals surface area (Å²) >= 11 is 0. The summed E-state index contributed by atoms with van der Waals surface area (Å²) in [6.45, 7) is 6.60. The van der Waals surface area contributed by atoms with Gasteiger partial charge in [-0.05, 0) is 54.5 Å². The maximum Gasteiger partial charge on any atom is 0.00997 e. The first-order valence-corrected chi connectivity index (χ1v) is 9.50. The van der Waals surface area contributed by atoms with E-state index in [1.165, 1.54) is 27.8 Å². The Morgan fingerprint density at radius 3 is 2.00 bits per heavy atom. The molecule has 132 valence electrons. The molecule has 0 N–H and O–H groups in total. The summed E-state index contributed by atoms with van der Waals surface area (Å²) < 4.78 is 0. The molecule has 0 aliphatic heterocycles. The molecule has 1 aliphatic rings. The molecule has 0 heteroatoms. The maximum absolute atomic E-state index is 2.38. The fourth-order valence-electron chi connectivity index (χ4n) is 3.32. The predicted octanol–water partition coefficient (Wildman–Crippen LogP) is 7.31. The Kier molecular flexibility index (Phi) is 5.73. The molecule has 0 spiro atoms. The number of allylic oxidation sites excluding steroid dienone is 6. The van der Waals surface area contributed by atoms with Crippen molar-refractivity contribution in [1.29, 1.82) is 0 Å². The van der Waals surface area contributed by atoms with E-state index in [2.05, 4.69) is 112 Å². The number of hydrogen-bond donors (Lipinski definition) is 0. The first-order valence-electron chi connectivity index (χ1n) is 9.50. The molecular weight excluding hydrogens is 312 g/mol. The highest BCUT2D eigenvalue weighted by Gasteiger charge is 2.22. The zero-order valence-electron chi connectivity index (χ0n) is 16.1. The van der Waals surface area contributed by atoms with Crippen LogP contribution in [0.4, 0.5) is 0 Å². The Morgan fingerprint density at radius 2 is 1.46 bits per heavy atom. The number of benzene rings is 2. The van der Waals surface area contributed by atoms with Gasteiger partial charge in [0.1, 0.15) is 0 Å². The highest BCUT2D eigenvalue weighted by molar-refractivity contribution is 5.59. The molecule has 0 heterocycles. The minimum atomic E-state index is 0.127. The van der Waals surface area contributed by atoms with Crippen LogP contribution in [0.2, 0.25) is 0 Å². The van der Waals surface area contributed by atoms with Crippen LogP contribution in [0.5, 0.6) is 0 Å². The first-order chi connectivity index (χ1) is 12.6. The molecule has 0 aromatic heterocycles. The fraction of sp³-hybridized carbons (Fsp3) is 0.231. The predicted molar refractivity (Wildman–Crippen MR) is 115 cm³/mol. The van der Waals surface area contributed by atoms with E-state index in [1.54, 1.807) is 0 Å². The molecule has 0 radical (unpaired) electrons. The van der Waals surface area contributed by atoms with Gasteiger partial charge in [0.25, 0.3) is 0 Å². The Hall–Kier alpha value is -2.60. The lowest BCUT2D eigenvalue weighted by atomic mass is 9.77. The van der Waals surface area contributed by atoms with Crippen LogP contribution in [0.3, 0.4) is 0 Å². The molecule has 1 atom stereocenters. The van der Waals surface area contributed by atoms with Gasteiger partial charge in [-0.25, -0.2) is 0 Å². The van der Waals surface area contributed by atoms with Gasteiger partial charge in [0.05, 0.1) is 0 Å². The molecule has 0 bridgehead atoms. The molecule has 2 aromatic rings. The second-order valence-corrected chi connectivity index (χ2v) is 7.21. The van der Waals surface area contributed by atoms with Crippen LogP contribution in [0.15, 0.2) is 84.5 Å². The Balaban J connectivity index is 1.73. The first kappa shape index (κ1) is 18.2. The largest absolute Gasteiger partial charge is 0.0761 e. The van der Waals surface area contributed by atoms with E-state index in [0.29, 0.717) is 0 Å². The quantitative estimate of drug-likeness (QED) is 0.535. The average Bonchev–Trinajstić information content (AvgIpc) is 2.68. The van der Waals surface area contributed by atoms with E-state index >= 15 is 0 Å². The third kappa shape index (κ3) is 4.32. The average molecular weight is 341 g/mol. The van der Waals surface area contributed by atoms with Crippen molar-refractivity contribution in [2.75, 3.05) is 0 Å². The van der Waals surface area contributed by atoms with Gasteiger partial charge in [-0.3, -0.25) is 0 Å². The summed E-state index contributed by atoms with van der Waals surface area (Å²) in [5, 5.41) is 0. The Labute approximate surface area is 158 Å². The fourth-order valence-corrected chi connectivity index (χ4v) is 3.32. The van der Waals surface area contributed by atoms with E-state index in [-0.39, 0.29) is 5.41 Å². The summed E-state index contributed by atoms with van der Waals surface area (Å²) in [6, 6.07) is 17.1. The van der Waals surface area contributed by atoms with Crippen molar-refractivity contribution < 1.29 is 0 Å². The van der Waals surface area contributed by atoms with Gasteiger partial charge >= 0.3 is 0 Å². The van der Waals surface area contributed by atoms with Crippen LogP contribution >= 0.6 is 0 Å². The lowest BCUT2D eigenvalue weighted by molar-refractivity contribution is 0.477. The van der Waals surface area contributed by atoms with Gasteiger partial charge in [0.2, 0.25) is 0 Å². The third-order valence-electron chi connectivity index (χ3n) is 5.41. The Morgan fingerprint density at radius 1 is 0.846 bits per heavy atom. The molecule has 26 heavy (non-hydrogen) atoms. The van der Waals surface area contributed by atoms with Crippen LogP contribution in [0.25, 0.3) is 12.2 Å². The lowest BCUT2D eigenvalue weighted by Crippen LogP contribution is -2.15. The summed E-state index contributed by atoms with van der Waals surface area (Å²) in [5.41, 5.74) is 6.65. The van der Waals surface area contributed by atoms with Crippen molar-refractivity contribution in [3.63, 3.8) is 0 Å². The van der Waals surface area contributed by atoms with Crippen LogP contribution in [-0.2, 0) is 0 Å². The van der Waals surface area contributed by atoms with E-state index in [1.807, 2.05) is 0 Å². The third-order valence-corrected chi connectivity index (χ3v) is 5.41. The van der Waals surface area contributed by atoms with Crippen molar-refractivity contribution in [3.05, 3.63) is 107 Å². The molecule has 2 aromatic carbocycles. The monoisotopic (exact) mass is 340 g/mol. The molecule has 0 nitrogen and oxygen atoms in total. The Bertz CT molecular complexity index is 876. The van der Waals surface area contributed by atoms with Gasteiger partial charge < -0.3 is 0 Å². The van der Waals surface area contributed by atoms with Crippen molar-refractivity contribution in [2.45, 2.75) is 33.6 Å². The van der Waals surface area contributed by atoms with Gasteiger partial charge in [-0.15, -0.1) is 0 Å². The van der Waals surface area contributed by atoms with E-state index in [9.17, 15) is 0 Å². The van der Waals surface area contributed by atoms with E-state index < -0.39 is 0 Å². The number of hydrogen-bond acceptors (Lipinski definition) is 0. The summed E-state index contributed by atoms with van der Waals surface area (Å²) in [4.78, 5) is 0. The molecule has 0 fully saturated rings. The molecular formula is C26H28. The van der Waals surface area contributed by atoms with Gasteiger partial charge in [0, 0.05) is 5.41 Å². The molecule has 1 aliphatic carbocycles.